The predicted octanol–water partition coefficient (Wildman–Crippen LogP) is 3.48. The Bertz CT molecular complexity index is 816. The normalized spacial score (nSPS) is 12.5. The predicted molar refractivity (Wildman–Crippen MR) is 98.5 cm³/mol. The van der Waals surface area contributed by atoms with Crippen molar-refractivity contribution in [3.63, 3.8) is 0 Å². The standard InChI is InChI=1S/C17H20N2O3S2/c1-17(2,3)19-24(21,22)15-9-6-13(7-10-15)18-16(20)11-8-14-5-4-12-23-14/h4-12,19H,1-3H3,(H,18,20). The molecule has 128 valence electrons. The number of carbonyl (C=O) groups excluding carboxylic acids is 1. The molecule has 0 saturated carbocycles. The smallest absolute Gasteiger partial charge is 0.248 e. The second kappa shape index (κ2) is 7.29. The molecule has 2 N–H and O–H groups in total. The number of anilines is 1. The average molecular weight is 364 g/mol. The number of benzene rings is 1. The Balaban J connectivity index is 2.03. The summed E-state index contributed by atoms with van der Waals surface area (Å²) in [7, 11) is -3.58. The highest BCUT2D eigenvalue weighted by atomic mass is 32.2. The quantitative estimate of drug-likeness (QED) is 0.798. The van der Waals surface area contributed by atoms with Gasteiger partial charge in [0.2, 0.25) is 15.9 Å². The number of sulfonamides is 1. The summed E-state index contributed by atoms with van der Waals surface area (Å²) >= 11 is 1.54. The van der Waals surface area contributed by atoms with Gasteiger partial charge in [0.05, 0.1) is 4.90 Å². The molecule has 7 heteroatoms. The molecule has 0 saturated heterocycles. The van der Waals surface area contributed by atoms with Crippen molar-refractivity contribution in [1.29, 1.82) is 0 Å². The summed E-state index contributed by atoms with van der Waals surface area (Å²) < 4.78 is 27.0. The zero-order chi connectivity index (χ0) is 17.8. The number of hydrogen-bond donors (Lipinski definition) is 2. The molecule has 1 amide bonds. The van der Waals surface area contributed by atoms with Gasteiger partial charge in [-0.25, -0.2) is 13.1 Å². The maximum Gasteiger partial charge on any atom is 0.248 e. The van der Waals surface area contributed by atoms with Crippen LogP contribution in [0.25, 0.3) is 6.08 Å². The lowest BCUT2D eigenvalue weighted by molar-refractivity contribution is -0.111. The fourth-order valence-corrected chi connectivity index (χ4v) is 3.94. The fraction of sp³-hybridized carbons (Fsp3) is 0.235. The van der Waals surface area contributed by atoms with Gasteiger partial charge in [-0.3, -0.25) is 4.79 Å². The van der Waals surface area contributed by atoms with Crippen LogP contribution in [-0.4, -0.2) is 19.9 Å². The highest BCUT2D eigenvalue weighted by molar-refractivity contribution is 7.89. The van der Waals surface area contributed by atoms with Crippen molar-refractivity contribution >= 4 is 39.0 Å². The molecule has 0 aliphatic heterocycles. The van der Waals surface area contributed by atoms with Crippen LogP contribution in [0.3, 0.4) is 0 Å². The summed E-state index contributed by atoms with van der Waals surface area (Å²) in [6.07, 6.45) is 3.17. The Kier molecular flexibility index (Phi) is 5.58. The van der Waals surface area contributed by atoms with Gasteiger partial charge in [-0.2, -0.15) is 0 Å². The van der Waals surface area contributed by atoms with E-state index in [1.807, 2.05) is 17.5 Å². The largest absolute Gasteiger partial charge is 0.323 e. The minimum absolute atomic E-state index is 0.157. The number of thiophene rings is 1. The van der Waals surface area contributed by atoms with Crippen LogP contribution in [0, 0.1) is 0 Å². The van der Waals surface area contributed by atoms with E-state index in [0.29, 0.717) is 5.69 Å². The summed E-state index contributed by atoms with van der Waals surface area (Å²) in [5.74, 6) is -0.271. The van der Waals surface area contributed by atoms with Crippen LogP contribution in [0.5, 0.6) is 0 Å². The van der Waals surface area contributed by atoms with E-state index in [0.717, 1.165) is 4.88 Å². The Morgan fingerprint density at radius 3 is 2.33 bits per heavy atom. The van der Waals surface area contributed by atoms with Crippen LogP contribution in [-0.2, 0) is 14.8 Å². The van der Waals surface area contributed by atoms with Gasteiger partial charge in [0.25, 0.3) is 0 Å². The van der Waals surface area contributed by atoms with Gasteiger partial charge in [0.1, 0.15) is 0 Å². The Hall–Kier alpha value is -1.96. The Morgan fingerprint density at radius 2 is 1.79 bits per heavy atom. The van der Waals surface area contributed by atoms with Crippen LogP contribution >= 0.6 is 11.3 Å². The van der Waals surface area contributed by atoms with Crippen molar-refractivity contribution in [2.45, 2.75) is 31.2 Å². The minimum atomic E-state index is -3.58. The third kappa shape index (κ3) is 5.59. The molecule has 1 aromatic carbocycles. The first-order valence-electron chi connectivity index (χ1n) is 7.32. The van der Waals surface area contributed by atoms with Crippen LogP contribution in [0.2, 0.25) is 0 Å². The number of carbonyl (C=O) groups is 1. The third-order valence-electron chi connectivity index (χ3n) is 2.81. The maximum absolute atomic E-state index is 12.2. The first-order chi connectivity index (χ1) is 11.2. The van der Waals surface area contributed by atoms with Gasteiger partial charge in [0, 0.05) is 22.2 Å². The van der Waals surface area contributed by atoms with Crippen LogP contribution in [0.1, 0.15) is 25.6 Å². The summed E-state index contributed by atoms with van der Waals surface area (Å²) in [5, 5.41) is 4.63. The Labute approximate surface area is 146 Å². The monoisotopic (exact) mass is 364 g/mol. The van der Waals surface area contributed by atoms with Crippen molar-refractivity contribution in [3.8, 4) is 0 Å². The second-order valence-electron chi connectivity index (χ2n) is 6.22. The van der Waals surface area contributed by atoms with Gasteiger partial charge >= 0.3 is 0 Å². The van der Waals surface area contributed by atoms with E-state index in [1.165, 1.54) is 29.5 Å². The van der Waals surface area contributed by atoms with E-state index in [1.54, 1.807) is 39.0 Å². The molecular weight excluding hydrogens is 344 g/mol. The number of amides is 1. The molecule has 2 aromatic rings. The third-order valence-corrected chi connectivity index (χ3v) is 5.43. The van der Waals surface area contributed by atoms with Crippen LogP contribution in [0.4, 0.5) is 5.69 Å². The molecule has 1 aromatic heterocycles. The van der Waals surface area contributed by atoms with Crippen molar-refractivity contribution in [2.75, 3.05) is 5.32 Å². The van der Waals surface area contributed by atoms with Crippen molar-refractivity contribution < 1.29 is 13.2 Å². The zero-order valence-corrected chi connectivity index (χ0v) is 15.4. The van der Waals surface area contributed by atoms with Crippen molar-refractivity contribution in [3.05, 3.63) is 52.7 Å². The molecule has 0 aliphatic carbocycles. The second-order valence-corrected chi connectivity index (χ2v) is 8.88. The van der Waals surface area contributed by atoms with Crippen LogP contribution < -0.4 is 10.0 Å². The highest BCUT2D eigenvalue weighted by Gasteiger charge is 2.21. The molecule has 0 radical (unpaired) electrons. The van der Waals surface area contributed by atoms with Gasteiger partial charge < -0.3 is 5.32 Å². The molecule has 0 fully saturated rings. The topological polar surface area (TPSA) is 75.3 Å². The molecule has 5 nitrogen and oxygen atoms in total. The molecule has 0 atom stereocenters. The Morgan fingerprint density at radius 1 is 1.12 bits per heavy atom. The zero-order valence-electron chi connectivity index (χ0n) is 13.7. The lowest BCUT2D eigenvalue weighted by Gasteiger charge is -2.20. The molecule has 24 heavy (non-hydrogen) atoms. The SMILES string of the molecule is CC(C)(C)NS(=O)(=O)c1ccc(NC(=O)C=Cc2cccs2)cc1. The number of rotatable bonds is 5. The first kappa shape index (κ1) is 18.4. The molecule has 0 aliphatic rings. The minimum Gasteiger partial charge on any atom is -0.323 e. The molecule has 0 spiro atoms. The van der Waals surface area contributed by atoms with E-state index in [9.17, 15) is 13.2 Å². The molecule has 2 rings (SSSR count). The lowest BCUT2D eigenvalue weighted by Crippen LogP contribution is -2.40. The summed E-state index contributed by atoms with van der Waals surface area (Å²) in [6, 6.07) is 9.88. The summed E-state index contributed by atoms with van der Waals surface area (Å²) in [6.45, 7) is 5.33. The van der Waals surface area contributed by atoms with Crippen LogP contribution in [0.15, 0.2) is 52.7 Å². The highest BCUT2D eigenvalue weighted by Crippen LogP contribution is 2.16. The lowest BCUT2D eigenvalue weighted by atomic mass is 10.1. The van der Waals surface area contributed by atoms with E-state index in [4.69, 9.17) is 0 Å². The van der Waals surface area contributed by atoms with E-state index in [-0.39, 0.29) is 10.8 Å². The van der Waals surface area contributed by atoms with Gasteiger partial charge in [-0.15, -0.1) is 11.3 Å². The number of hydrogen-bond acceptors (Lipinski definition) is 4. The molecule has 0 unspecified atom stereocenters. The van der Waals surface area contributed by atoms with E-state index < -0.39 is 15.6 Å². The molecular formula is C17H20N2O3S2. The molecule has 1 heterocycles. The summed E-state index contributed by atoms with van der Waals surface area (Å²) in [4.78, 5) is 13.0. The fourth-order valence-electron chi connectivity index (χ4n) is 1.91. The van der Waals surface area contributed by atoms with E-state index >= 15 is 0 Å². The maximum atomic E-state index is 12.2. The van der Waals surface area contributed by atoms with Crippen molar-refractivity contribution in [1.82, 2.24) is 4.72 Å². The average Bonchev–Trinajstić information content (AvgIpc) is 2.96. The van der Waals surface area contributed by atoms with Gasteiger partial charge in [-0.1, -0.05) is 6.07 Å². The van der Waals surface area contributed by atoms with E-state index in [2.05, 4.69) is 10.0 Å². The van der Waals surface area contributed by atoms with Gasteiger partial charge in [0.15, 0.2) is 0 Å². The number of nitrogens with one attached hydrogen (secondary N) is 2. The first-order valence-corrected chi connectivity index (χ1v) is 9.69. The van der Waals surface area contributed by atoms with Gasteiger partial charge in [-0.05, 0) is 62.6 Å². The summed E-state index contributed by atoms with van der Waals surface area (Å²) in [5.41, 5.74) is -0.0243. The van der Waals surface area contributed by atoms with Crippen molar-refractivity contribution in [2.24, 2.45) is 0 Å². The molecule has 0 bridgehead atoms.